The van der Waals surface area contributed by atoms with Crippen molar-refractivity contribution in [3.63, 3.8) is 0 Å². The Labute approximate surface area is 311 Å². The van der Waals surface area contributed by atoms with Crippen molar-refractivity contribution in [2.24, 2.45) is 28.4 Å². The number of hydrogen-bond donors (Lipinski definition) is 4. The first-order chi connectivity index (χ1) is 25.6. The molecular formula is C41H45F2NO10. The highest BCUT2D eigenvalue weighted by molar-refractivity contribution is 6.01. The van der Waals surface area contributed by atoms with Crippen molar-refractivity contribution in [2.75, 3.05) is 6.61 Å². The van der Waals surface area contributed by atoms with Gasteiger partial charge < -0.3 is 35.3 Å². The van der Waals surface area contributed by atoms with Gasteiger partial charge in [-0.3, -0.25) is 19.2 Å². The lowest BCUT2D eigenvalue weighted by Gasteiger charge is -2.63. The van der Waals surface area contributed by atoms with E-state index in [-0.39, 0.29) is 44.3 Å². The number of carbonyl (C=O) groups excluding carboxylic acids is 3. The van der Waals surface area contributed by atoms with Crippen molar-refractivity contribution in [1.82, 2.24) is 0 Å². The second-order valence-corrected chi connectivity index (χ2v) is 15.9. The second kappa shape index (κ2) is 13.9. The second-order valence-electron chi connectivity index (χ2n) is 15.9. The van der Waals surface area contributed by atoms with E-state index in [1.54, 1.807) is 13.0 Å². The molecule has 0 bridgehead atoms. The van der Waals surface area contributed by atoms with Crippen LogP contribution in [0.15, 0.2) is 72.3 Å². The molecule has 0 amide bonds. The van der Waals surface area contributed by atoms with Crippen LogP contribution in [0.25, 0.3) is 0 Å². The zero-order valence-corrected chi connectivity index (χ0v) is 30.1. The van der Waals surface area contributed by atoms with E-state index < -0.39 is 94.8 Å². The fourth-order valence-corrected chi connectivity index (χ4v) is 10.2. The van der Waals surface area contributed by atoms with Gasteiger partial charge in [0.25, 0.3) is 0 Å². The first-order valence-corrected chi connectivity index (χ1v) is 18.3. The number of ketones is 2. The molecule has 2 aromatic rings. The van der Waals surface area contributed by atoms with Crippen LogP contribution in [-0.2, 0) is 46.4 Å². The van der Waals surface area contributed by atoms with Gasteiger partial charge in [-0.25, -0.2) is 8.78 Å². The molecule has 5 aliphatic rings. The van der Waals surface area contributed by atoms with Gasteiger partial charge in [0.1, 0.15) is 12.2 Å². The van der Waals surface area contributed by atoms with Crippen LogP contribution < -0.4 is 5.73 Å². The summed E-state index contributed by atoms with van der Waals surface area (Å²) < 4.78 is 52.6. The lowest BCUT2D eigenvalue weighted by atomic mass is 9.44. The number of carboxylic acid groups (broad SMARTS) is 1. The highest BCUT2D eigenvalue weighted by Gasteiger charge is 2.80. The lowest BCUT2D eigenvalue weighted by molar-refractivity contribution is -0.235. The van der Waals surface area contributed by atoms with E-state index in [2.05, 4.69) is 0 Å². The van der Waals surface area contributed by atoms with E-state index in [1.165, 1.54) is 19.1 Å². The van der Waals surface area contributed by atoms with Crippen molar-refractivity contribution in [2.45, 2.75) is 101 Å². The van der Waals surface area contributed by atoms with Crippen LogP contribution in [0.4, 0.5) is 8.78 Å². The molecule has 3 saturated carbocycles. The molecule has 1 heterocycles. The highest BCUT2D eigenvalue weighted by atomic mass is 19.1. The number of aliphatic hydroxyl groups is 2. The molecule has 0 aromatic heterocycles. The summed E-state index contributed by atoms with van der Waals surface area (Å²) in [6, 6.07) is 13.6. The third-order valence-corrected chi connectivity index (χ3v) is 12.9. The van der Waals surface area contributed by atoms with Gasteiger partial charge in [0.2, 0.25) is 5.78 Å². The van der Waals surface area contributed by atoms with Gasteiger partial charge in [0.05, 0.1) is 18.8 Å². The number of aliphatic carboxylic acids is 1. The van der Waals surface area contributed by atoms with Crippen LogP contribution in [0.2, 0.25) is 0 Å². The van der Waals surface area contributed by atoms with Crippen molar-refractivity contribution in [3.05, 3.63) is 94.6 Å². The number of aliphatic hydroxyl groups excluding tert-OH is 2. The summed E-state index contributed by atoms with van der Waals surface area (Å²) in [5.41, 5.74) is 1.84. The molecule has 2 aromatic carbocycles. The van der Waals surface area contributed by atoms with Crippen molar-refractivity contribution < 1.29 is 57.5 Å². The van der Waals surface area contributed by atoms with E-state index >= 15 is 8.78 Å². The number of rotatable bonds is 11. The van der Waals surface area contributed by atoms with Gasteiger partial charge in [0.15, 0.2) is 29.9 Å². The van der Waals surface area contributed by atoms with Gasteiger partial charge in [-0.2, -0.15) is 0 Å². The van der Waals surface area contributed by atoms with Gasteiger partial charge >= 0.3 is 11.9 Å². The molecule has 0 radical (unpaired) electrons. The van der Waals surface area contributed by atoms with Gasteiger partial charge in [-0.05, 0) is 79.4 Å². The number of carboxylic acids is 1. The number of nitrogens with two attached hydrogens (primary N) is 1. The lowest BCUT2D eigenvalue weighted by Crippen LogP contribution is -2.70. The van der Waals surface area contributed by atoms with Crippen LogP contribution in [-0.4, -0.2) is 81.1 Å². The Balaban J connectivity index is 1.22. The van der Waals surface area contributed by atoms with Crippen LogP contribution >= 0.6 is 0 Å². The zero-order valence-electron chi connectivity index (χ0n) is 30.1. The Morgan fingerprint density at radius 1 is 1.06 bits per heavy atom. The van der Waals surface area contributed by atoms with Crippen LogP contribution in [0, 0.1) is 22.7 Å². The average Bonchev–Trinajstić information content (AvgIpc) is 3.65. The molecule has 5 N–H and O–H groups in total. The normalized spacial score (nSPS) is 37.0. The monoisotopic (exact) mass is 749 g/mol. The smallest absolute Gasteiger partial charge is 0.323 e. The molecule has 288 valence electrons. The SMILES string of the molecule is C[C@]12C=CC(=O)C=C1[C@@H](F)C[C@H]1[C@@H]3C[C@H]4O[C@@H](c5cccc(Cc6ccc(CO)cc6)c5)O[C@@]4(C(=O)COC(=O)[C@@H](N)CCC(=O)O)[C@@]3(C)C[C@H](O)[C@@]12F. The fraction of sp³-hybridized carbons (Fsp3) is 0.512. The molecule has 1 saturated heterocycles. The topological polar surface area (TPSA) is 183 Å². The third kappa shape index (κ3) is 5.87. The standard InChI is InChI=1S/C41H45F2NO10/c1-38-13-12-26(46)16-29(38)30(42)17-28-27-18-34-41(39(27,2)19-32(47)40(28,38)43,33(48)21-52-36(51)31(44)10-11-35(49)50)54-37(53-34)25-5-3-4-24(15-25)14-22-6-8-23(20-45)9-7-22/h3-9,12-13,15-16,27-28,30-32,34,37,45,47H,10-11,14,17-21,44H2,1-2H3,(H,49,50)/t27-,28-,30-,31-,32-,34+,37+,38-,39-,40-,41+/m0/s1. The zero-order chi connectivity index (χ0) is 38.8. The minimum atomic E-state index is -2.40. The third-order valence-electron chi connectivity index (χ3n) is 12.9. The molecule has 0 spiro atoms. The quantitative estimate of drug-likeness (QED) is 0.242. The molecule has 4 aliphatic carbocycles. The minimum Gasteiger partial charge on any atom is -0.481 e. The maximum atomic E-state index is 17.9. The molecule has 11 atom stereocenters. The summed E-state index contributed by atoms with van der Waals surface area (Å²) in [4.78, 5) is 50.7. The largest absolute Gasteiger partial charge is 0.481 e. The summed E-state index contributed by atoms with van der Waals surface area (Å²) >= 11 is 0. The Morgan fingerprint density at radius 2 is 1.78 bits per heavy atom. The van der Waals surface area contributed by atoms with E-state index in [0.29, 0.717) is 12.0 Å². The number of hydrogen-bond acceptors (Lipinski definition) is 10. The molecule has 4 fully saturated rings. The molecule has 7 rings (SSSR count). The van der Waals surface area contributed by atoms with Crippen LogP contribution in [0.5, 0.6) is 0 Å². The van der Waals surface area contributed by atoms with Gasteiger partial charge in [-0.1, -0.05) is 61.5 Å². The first kappa shape index (κ1) is 38.1. The number of carbonyl (C=O) groups is 4. The molecule has 1 aliphatic heterocycles. The Bertz CT molecular complexity index is 1920. The molecule has 11 nitrogen and oxygen atoms in total. The minimum absolute atomic E-state index is 0.0247. The molecule has 0 unspecified atom stereocenters. The predicted octanol–water partition coefficient (Wildman–Crippen LogP) is 4.16. The highest BCUT2D eigenvalue weighted by Crippen LogP contribution is 2.72. The Morgan fingerprint density at radius 3 is 2.48 bits per heavy atom. The Kier molecular flexibility index (Phi) is 9.79. The van der Waals surface area contributed by atoms with Crippen molar-refractivity contribution >= 4 is 23.5 Å². The summed E-state index contributed by atoms with van der Waals surface area (Å²) in [5.74, 6) is -5.18. The van der Waals surface area contributed by atoms with Crippen LogP contribution in [0.3, 0.4) is 0 Å². The number of benzene rings is 2. The van der Waals surface area contributed by atoms with Crippen molar-refractivity contribution in [3.8, 4) is 0 Å². The number of allylic oxidation sites excluding steroid dienone is 4. The summed E-state index contributed by atoms with van der Waals surface area (Å²) in [6.45, 7) is 2.31. The molecule has 54 heavy (non-hydrogen) atoms. The van der Waals surface area contributed by atoms with E-state index in [1.807, 2.05) is 42.5 Å². The number of fused-ring (bicyclic) bond motifs is 7. The fourth-order valence-electron chi connectivity index (χ4n) is 10.2. The first-order valence-electron chi connectivity index (χ1n) is 18.3. The molecule has 13 heteroatoms. The van der Waals surface area contributed by atoms with Gasteiger partial charge in [0, 0.05) is 28.7 Å². The van der Waals surface area contributed by atoms with E-state index in [0.717, 1.165) is 22.8 Å². The molecular weight excluding hydrogens is 704 g/mol. The Hall–Kier alpha value is -4.14. The van der Waals surface area contributed by atoms with E-state index in [9.17, 15) is 29.4 Å². The number of alkyl halides is 2. The number of halogens is 2. The maximum absolute atomic E-state index is 17.9. The summed E-state index contributed by atoms with van der Waals surface area (Å²) in [5, 5.41) is 30.3. The summed E-state index contributed by atoms with van der Waals surface area (Å²) in [6.07, 6.45) is -2.49. The van der Waals surface area contributed by atoms with Crippen molar-refractivity contribution in [1.29, 1.82) is 0 Å². The number of esters is 1. The summed E-state index contributed by atoms with van der Waals surface area (Å²) in [7, 11) is 0. The predicted molar refractivity (Wildman–Crippen MR) is 188 cm³/mol. The van der Waals surface area contributed by atoms with Crippen LogP contribution in [0.1, 0.15) is 74.5 Å². The number of ether oxygens (including phenoxy) is 3. The maximum Gasteiger partial charge on any atom is 0.323 e. The van der Waals surface area contributed by atoms with Gasteiger partial charge in [-0.15, -0.1) is 0 Å². The van der Waals surface area contributed by atoms with E-state index in [4.69, 9.17) is 25.1 Å². The average molecular weight is 750 g/mol. The number of Topliss-reactive ketones (excluding diaryl/α,β-unsaturated/α-hetero) is 1.